The predicted octanol–water partition coefficient (Wildman–Crippen LogP) is -4.34. The Kier molecular flexibility index (Phi) is 17.0. The van der Waals surface area contributed by atoms with Crippen molar-refractivity contribution in [2.75, 3.05) is 13.2 Å². The van der Waals surface area contributed by atoms with Gasteiger partial charge in [-0.3, -0.25) is 28.8 Å². The highest BCUT2D eigenvalue weighted by atomic mass is 16.5. The number of carbonyl (C=O) groups excluding carboxylic acids is 6. The van der Waals surface area contributed by atoms with E-state index in [9.17, 15) is 43.8 Å². The zero-order valence-corrected chi connectivity index (χ0v) is 23.4. The predicted molar refractivity (Wildman–Crippen MR) is 139 cm³/mol. The van der Waals surface area contributed by atoms with Crippen LogP contribution >= 0.6 is 0 Å². The van der Waals surface area contributed by atoms with Gasteiger partial charge in [0, 0.05) is 12.3 Å². The number of ether oxygens (including phenoxy) is 1. The number of carboxylic acid groups (broad SMARTS) is 1. The maximum atomic E-state index is 12.7. The molecule has 0 bridgehead atoms. The van der Waals surface area contributed by atoms with Crippen LogP contribution in [0.3, 0.4) is 0 Å². The molecule has 0 fully saturated rings. The van der Waals surface area contributed by atoms with E-state index >= 15 is 0 Å². The Morgan fingerprint density at radius 3 is 1.98 bits per heavy atom. The third kappa shape index (κ3) is 13.5. The third-order valence-electron chi connectivity index (χ3n) is 5.79. The summed E-state index contributed by atoms with van der Waals surface area (Å²) >= 11 is 0. The van der Waals surface area contributed by atoms with E-state index in [1.165, 1.54) is 27.7 Å². The van der Waals surface area contributed by atoms with E-state index in [1.54, 1.807) is 0 Å². The molecule has 0 spiro atoms. The lowest BCUT2D eigenvalue weighted by atomic mass is 10.0. The number of aliphatic carboxylic acids is 1. The summed E-state index contributed by atoms with van der Waals surface area (Å²) < 4.78 is 5.31. The fraction of sp³-hybridized carbons (Fsp3) is 0.708. The minimum absolute atomic E-state index is 0.0242. The van der Waals surface area contributed by atoms with Crippen LogP contribution in [0.5, 0.6) is 0 Å². The monoisotopic (exact) mass is 591 g/mol. The molecule has 0 aliphatic carbocycles. The number of hydrogen-bond acceptors (Lipinski definition) is 11. The van der Waals surface area contributed by atoms with Gasteiger partial charge in [0.25, 0.3) is 0 Å². The molecule has 0 aliphatic heterocycles. The number of primary amides is 1. The number of carbonyl (C=O) groups is 7. The van der Waals surface area contributed by atoms with Crippen LogP contribution in [-0.2, 0) is 38.3 Å². The quantitative estimate of drug-likeness (QED) is 0.0607. The third-order valence-corrected chi connectivity index (χ3v) is 5.79. The van der Waals surface area contributed by atoms with Gasteiger partial charge in [0.1, 0.15) is 55.4 Å². The molecule has 0 saturated heterocycles. The molecule has 0 rings (SSSR count). The molecule has 17 nitrogen and oxygen atoms in total. The molecule has 0 heterocycles. The van der Waals surface area contributed by atoms with Crippen molar-refractivity contribution in [1.82, 2.24) is 21.3 Å². The van der Waals surface area contributed by atoms with E-state index in [0.717, 1.165) is 0 Å². The van der Waals surface area contributed by atoms with Crippen LogP contribution in [0.2, 0.25) is 0 Å². The Morgan fingerprint density at radius 1 is 0.902 bits per heavy atom. The zero-order valence-electron chi connectivity index (χ0n) is 23.4. The smallest absolute Gasteiger partial charge is 0.325 e. The molecular formula is C24H41N5O12. The number of carboxylic acids is 1. The van der Waals surface area contributed by atoms with Gasteiger partial charge in [-0.25, -0.2) is 0 Å². The summed E-state index contributed by atoms with van der Waals surface area (Å²) in [5.41, 5.74) is 5.30. The van der Waals surface area contributed by atoms with E-state index in [1.807, 2.05) is 0 Å². The standard InChI is InChI=1S/C24H41N5O12/c1-5-13(23(38)28-14(21(25)36)6-7-17(33)26-12(4)24(39)40)27-18(34)10-41-20(19(35)16(32)9-31)15(8-30)29-22(37)11(2)3/h8,11-16,19-20,31-32,35H,5-7,9-10H2,1-4H3,(H2,25,36)(H,26,33)(H,27,34)(H,28,38)(H,29,37)(H,39,40)/t12?,13?,14?,15-,16+,19+,20+/m0/s1. The first-order chi connectivity index (χ1) is 19.1. The number of aliphatic hydroxyl groups is 3. The average molecular weight is 592 g/mol. The lowest BCUT2D eigenvalue weighted by Crippen LogP contribution is -2.56. The maximum absolute atomic E-state index is 12.7. The van der Waals surface area contributed by atoms with Gasteiger partial charge in [0.05, 0.1) is 6.61 Å². The van der Waals surface area contributed by atoms with E-state index in [0.29, 0.717) is 0 Å². The largest absolute Gasteiger partial charge is 0.480 e. The first kappa shape index (κ1) is 37.3. The lowest BCUT2D eigenvalue weighted by Gasteiger charge is -2.31. The van der Waals surface area contributed by atoms with Crippen molar-refractivity contribution >= 4 is 41.8 Å². The second-order valence-electron chi connectivity index (χ2n) is 9.50. The summed E-state index contributed by atoms with van der Waals surface area (Å²) in [7, 11) is 0. The summed E-state index contributed by atoms with van der Waals surface area (Å²) in [5.74, 6) is -5.85. The number of amides is 5. The summed E-state index contributed by atoms with van der Waals surface area (Å²) in [4.78, 5) is 83.5. The lowest BCUT2D eigenvalue weighted by molar-refractivity contribution is -0.147. The molecule has 7 atom stereocenters. The first-order valence-corrected chi connectivity index (χ1v) is 12.8. The molecule has 234 valence electrons. The number of aliphatic hydroxyl groups excluding tert-OH is 3. The van der Waals surface area contributed by atoms with Gasteiger partial charge in [-0.15, -0.1) is 0 Å². The van der Waals surface area contributed by atoms with Gasteiger partial charge in [0.15, 0.2) is 0 Å². The molecular weight excluding hydrogens is 550 g/mol. The number of nitrogens with one attached hydrogen (secondary N) is 4. The Labute approximate surface area is 236 Å². The summed E-state index contributed by atoms with van der Waals surface area (Å²) in [5, 5.41) is 47.3. The minimum atomic E-state index is -1.90. The van der Waals surface area contributed by atoms with Crippen LogP contribution in [0.4, 0.5) is 0 Å². The average Bonchev–Trinajstić information content (AvgIpc) is 2.91. The summed E-state index contributed by atoms with van der Waals surface area (Å²) in [6.07, 6.45) is -5.68. The number of nitrogens with two attached hydrogens (primary N) is 1. The Hall–Kier alpha value is -3.67. The van der Waals surface area contributed by atoms with E-state index in [4.69, 9.17) is 20.7 Å². The van der Waals surface area contributed by atoms with Crippen molar-refractivity contribution in [2.24, 2.45) is 11.7 Å². The second-order valence-corrected chi connectivity index (χ2v) is 9.50. The molecule has 0 saturated carbocycles. The number of aldehydes is 1. The maximum Gasteiger partial charge on any atom is 0.325 e. The van der Waals surface area contributed by atoms with Crippen LogP contribution in [0.1, 0.15) is 47.0 Å². The molecule has 5 amide bonds. The van der Waals surface area contributed by atoms with E-state index in [-0.39, 0.29) is 25.5 Å². The van der Waals surface area contributed by atoms with Gasteiger partial charge in [-0.2, -0.15) is 0 Å². The van der Waals surface area contributed by atoms with Crippen LogP contribution in [0.15, 0.2) is 0 Å². The van der Waals surface area contributed by atoms with Crippen molar-refractivity contribution in [3.05, 3.63) is 0 Å². The van der Waals surface area contributed by atoms with Gasteiger partial charge < -0.3 is 57.0 Å². The topological polar surface area (TPSA) is 284 Å². The van der Waals surface area contributed by atoms with Crippen LogP contribution in [0, 0.1) is 5.92 Å². The molecule has 0 aromatic carbocycles. The molecule has 0 aromatic heterocycles. The van der Waals surface area contributed by atoms with Crippen LogP contribution in [0.25, 0.3) is 0 Å². The fourth-order valence-corrected chi connectivity index (χ4v) is 3.24. The molecule has 0 radical (unpaired) electrons. The summed E-state index contributed by atoms with van der Waals surface area (Å²) in [6.45, 7) is 4.06. The second kappa shape index (κ2) is 18.6. The number of rotatable bonds is 20. The minimum Gasteiger partial charge on any atom is -0.480 e. The highest BCUT2D eigenvalue weighted by Crippen LogP contribution is 2.10. The van der Waals surface area contributed by atoms with Gasteiger partial charge >= 0.3 is 5.97 Å². The van der Waals surface area contributed by atoms with E-state index < -0.39 is 97.1 Å². The Bertz CT molecular complexity index is 931. The molecule has 0 aliphatic rings. The van der Waals surface area contributed by atoms with Crippen LogP contribution < -0.4 is 27.0 Å². The Balaban J connectivity index is 5.33. The molecule has 10 N–H and O–H groups in total. The van der Waals surface area contributed by atoms with E-state index in [2.05, 4.69) is 21.3 Å². The SMILES string of the molecule is CCC(NC(=O)CO[C@@H]([C@H](O)[C@H](O)CO)[C@H](C=O)NC(=O)C(C)C)C(=O)NC(CCC(=O)NC(C)C(=O)O)C(N)=O. The normalized spacial score (nSPS) is 16.2. The van der Waals surface area contributed by atoms with Crippen molar-refractivity contribution < 1.29 is 58.7 Å². The molecule has 0 aromatic rings. The zero-order chi connectivity index (χ0) is 31.9. The summed E-state index contributed by atoms with van der Waals surface area (Å²) in [6, 6.07) is -5.23. The fourth-order valence-electron chi connectivity index (χ4n) is 3.24. The highest BCUT2D eigenvalue weighted by molar-refractivity contribution is 5.92. The highest BCUT2D eigenvalue weighted by Gasteiger charge is 2.36. The molecule has 41 heavy (non-hydrogen) atoms. The van der Waals surface area contributed by atoms with Crippen LogP contribution in [-0.4, -0.2) is 118 Å². The van der Waals surface area contributed by atoms with Gasteiger partial charge in [-0.1, -0.05) is 20.8 Å². The van der Waals surface area contributed by atoms with Gasteiger partial charge in [0.2, 0.25) is 29.5 Å². The Morgan fingerprint density at radius 2 is 1.51 bits per heavy atom. The van der Waals surface area contributed by atoms with Crippen molar-refractivity contribution in [3.63, 3.8) is 0 Å². The number of hydrogen-bond donors (Lipinski definition) is 9. The van der Waals surface area contributed by atoms with Crippen molar-refractivity contribution in [3.8, 4) is 0 Å². The molecule has 3 unspecified atom stereocenters. The van der Waals surface area contributed by atoms with Crippen molar-refractivity contribution in [2.45, 2.75) is 89.4 Å². The first-order valence-electron chi connectivity index (χ1n) is 12.8. The van der Waals surface area contributed by atoms with Crippen molar-refractivity contribution in [1.29, 1.82) is 0 Å². The molecule has 17 heteroatoms. The van der Waals surface area contributed by atoms with Gasteiger partial charge in [-0.05, 0) is 19.8 Å².